The van der Waals surface area contributed by atoms with E-state index >= 15 is 0 Å². The monoisotopic (exact) mass is 288 g/mol. The molecule has 0 saturated carbocycles. The Hall–Kier alpha value is -2.43. The molecule has 0 fully saturated rings. The minimum atomic E-state index is -0.591. The van der Waals surface area contributed by atoms with Crippen LogP contribution >= 0.6 is 0 Å². The maximum Gasteiger partial charge on any atom is 0.171 e. The van der Waals surface area contributed by atoms with Crippen molar-refractivity contribution in [2.75, 3.05) is 12.8 Å². The van der Waals surface area contributed by atoms with Gasteiger partial charge in [0, 0.05) is 22.9 Å². The minimum Gasteiger partial charge on any atom is -0.496 e. The summed E-state index contributed by atoms with van der Waals surface area (Å²) >= 11 is 0. The minimum absolute atomic E-state index is 0.0517. The van der Waals surface area contributed by atoms with Crippen LogP contribution in [0.25, 0.3) is 0 Å². The van der Waals surface area contributed by atoms with Gasteiger partial charge in [-0.1, -0.05) is 6.07 Å². The first-order valence-electron chi connectivity index (χ1n) is 6.52. The Morgan fingerprint density at radius 1 is 1.38 bits per heavy atom. The van der Waals surface area contributed by atoms with Crippen LogP contribution in [0, 0.1) is 19.7 Å². The molecule has 0 bridgehead atoms. The van der Waals surface area contributed by atoms with Gasteiger partial charge in [0.25, 0.3) is 0 Å². The molecule has 2 aromatic rings. The predicted molar refractivity (Wildman–Crippen MR) is 79.1 cm³/mol. The first-order valence-corrected chi connectivity index (χ1v) is 6.52. The highest BCUT2D eigenvalue weighted by Gasteiger charge is 2.17. The van der Waals surface area contributed by atoms with Crippen LogP contribution in [0.4, 0.5) is 10.1 Å². The van der Waals surface area contributed by atoms with Crippen LogP contribution in [-0.4, -0.2) is 17.9 Å². The van der Waals surface area contributed by atoms with E-state index in [1.165, 1.54) is 18.2 Å². The smallest absolute Gasteiger partial charge is 0.171 e. The summed E-state index contributed by atoms with van der Waals surface area (Å²) in [4.78, 5) is 16.6. The number of halogens is 1. The molecule has 0 unspecified atom stereocenters. The lowest BCUT2D eigenvalue weighted by Crippen LogP contribution is -2.11. The van der Waals surface area contributed by atoms with Gasteiger partial charge in [-0.2, -0.15) is 0 Å². The molecule has 0 saturated heterocycles. The molecule has 1 aromatic carbocycles. The Balaban J connectivity index is 2.34. The van der Waals surface area contributed by atoms with Gasteiger partial charge in [-0.3, -0.25) is 9.78 Å². The summed E-state index contributed by atoms with van der Waals surface area (Å²) in [5, 5.41) is 0. The summed E-state index contributed by atoms with van der Waals surface area (Å²) in [5.74, 6) is -0.152. The third kappa shape index (κ3) is 2.86. The highest BCUT2D eigenvalue weighted by Crippen LogP contribution is 2.25. The SMILES string of the molecule is COc1c(C)cnc(CC(=O)c2cccc(F)c2N)c1C. The second-order valence-corrected chi connectivity index (χ2v) is 4.85. The molecule has 4 nitrogen and oxygen atoms in total. The van der Waals surface area contributed by atoms with Gasteiger partial charge in [0.2, 0.25) is 0 Å². The highest BCUT2D eigenvalue weighted by molar-refractivity contribution is 6.02. The van der Waals surface area contributed by atoms with Crippen LogP contribution < -0.4 is 10.5 Å². The van der Waals surface area contributed by atoms with Crippen LogP contribution in [0.3, 0.4) is 0 Å². The zero-order valence-corrected chi connectivity index (χ0v) is 12.2. The Kier molecular flexibility index (Phi) is 4.21. The van der Waals surface area contributed by atoms with Gasteiger partial charge in [-0.05, 0) is 26.0 Å². The summed E-state index contributed by atoms with van der Waals surface area (Å²) in [6.45, 7) is 3.73. The van der Waals surface area contributed by atoms with E-state index in [1.54, 1.807) is 13.3 Å². The fourth-order valence-electron chi connectivity index (χ4n) is 2.28. The van der Waals surface area contributed by atoms with E-state index in [4.69, 9.17) is 10.5 Å². The van der Waals surface area contributed by atoms with E-state index in [1.807, 2.05) is 13.8 Å². The largest absolute Gasteiger partial charge is 0.496 e. The van der Waals surface area contributed by atoms with Gasteiger partial charge in [0.1, 0.15) is 11.6 Å². The number of nitrogens with two attached hydrogens (primary N) is 1. The number of hydrogen-bond donors (Lipinski definition) is 1. The number of para-hydroxylation sites is 1. The predicted octanol–water partition coefficient (Wildman–Crippen LogP) is 2.85. The van der Waals surface area contributed by atoms with Crippen molar-refractivity contribution < 1.29 is 13.9 Å². The molecule has 0 spiro atoms. The molecule has 1 aromatic heterocycles. The molecule has 0 aliphatic heterocycles. The Bertz CT molecular complexity index is 699. The van der Waals surface area contributed by atoms with Gasteiger partial charge >= 0.3 is 0 Å². The molecule has 0 aliphatic rings. The van der Waals surface area contributed by atoms with Gasteiger partial charge in [0.15, 0.2) is 5.78 Å². The molecular weight excluding hydrogens is 271 g/mol. The van der Waals surface area contributed by atoms with Crippen molar-refractivity contribution >= 4 is 11.5 Å². The zero-order valence-electron chi connectivity index (χ0n) is 12.2. The lowest BCUT2D eigenvalue weighted by molar-refractivity contribution is 0.0992. The number of carbonyl (C=O) groups is 1. The average molecular weight is 288 g/mol. The number of methoxy groups -OCH3 is 1. The van der Waals surface area contributed by atoms with Gasteiger partial charge < -0.3 is 10.5 Å². The van der Waals surface area contributed by atoms with Gasteiger partial charge in [-0.25, -0.2) is 4.39 Å². The second-order valence-electron chi connectivity index (χ2n) is 4.85. The summed E-state index contributed by atoms with van der Waals surface area (Å²) in [5.41, 5.74) is 7.97. The number of benzene rings is 1. The first kappa shape index (κ1) is 15.0. The van der Waals surface area contributed by atoms with E-state index in [0.29, 0.717) is 11.4 Å². The van der Waals surface area contributed by atoms with E-state index in [-0.39, 0.29) is 23.5 Å². The number of Topliss-reactive ketones (excluding diaryl/α,β-unsaturated/α-hetero) is 1. The maximum absolute atomic E-state index is 13.4. The van der Waals surface area contributed by atoms with Crippen molar-refractivity contribution in [3.05, 3.63) is 52.6 Å². The first-order chi connectivity index (χ1) is 9.95. The lowest BCUT2D eigenvalue weighted by atomic mass is 10.0. The molecule has 2 N–H and O–H groups in total. The fraction of sp³-hybridized carbons (Fsp3) is 0.250. The fourth-order valence-corrected chi connectivity index (χ4v) is 2.28. The average Bonchev–Trinajstić information content (AvgIpc) is 2.45. The Morgan fingerprint density at radius 3 is 2.76 bits per heavy atom. The lowest BCUT2D eigenvalue weighted by Gasteiger charge is -2.12. The number of aromatic nitrogens is 1. The van der Waals surface area contributed by atoms with Crippen molar-refractivity contribution in [2.24, 2.45) is 0 Å². The van der Waals surface area contributed by atoms with Crippen LogP contribution in [0.15, 0.2) is 24.4 Å². The van der Waals surface area contributed by atoms with E-state index in [0.717, 1.165) is 11.1 Å². The molecule has 2 rings (SSSR count). The second kappa shape index (κ2) is 5.91. The summed E-state index contributed by atoms with van der Waals surface area (Å²) < 4.78 is 18.7. The van der Waals surface area contributed by atoms with Crippen molar-refractivity contribution in [1.29, 1.82) is 0 Å². The Labute approximate surface area is 122 Å². The molecule has 0 radical (unpaired) electrons. The number of ketones is 1. The number of anilines is 1. The number of hydrogen-bond acceptors (Lipinski definition) is 4. The number of carbonyl (C=O) groups excluding carboxylic acids is 1. The number of rotatable bonds is 4. The highest BCUT2D eigenvalue weighted by atomic mass is 19.1. The molecular formula is C16H17FN2O2. The molecule has 21 heavy (non-hydrogen) atoms. The van der Waals surface area contributed by atoms with Crippen LogP contribution in [0.5, 0.6) is 5.75 Å². The summed E-state index contributed by atoms with van der Waals surface area (Å²) in [6, 6.07) is 4.21. The number of nitrogen functional groups attached to an aromatic ring is 1. The zero-order chi connectivity index (χ0) is 15.6. The van der Waals surface area contributed by atoms with Crippen molar-refractivity contribution in [2.45, 2.75) is 20.3 Å². The van der Waals surface area contributed by atoms with Crippen molar-refractivity contribution in [1.82, 2.24) is 4.98 Å². The molecule has 0 aliphatic carbocycles. The van der Waals surface area contributed by atoms with Crippen molar-refractivity contribution in [3.63, 3.8) is 0 Å². The quantitative estimate of drug-likeness (QED) is 0.694. The van der Waals surface area contributed by atoms with Crippen molar-refractivity contribution in [3.8, 4) is 5.75 Å². The van der Waals surface area contributed by atoms with Crippen LogP contribution in [0.2, 0.25) is 0 Å². The van der Waals surface area contributed by atoms with Crippen LogP contribution in [0.1, 0.15) is 27.2 Å². The third-order valence-electron chi connectivity index (χ3n) is 3.43. The number of aryl methyl sites for hydroxylation is 1. The van der Waals surface area contributed by atoms with E-state index in [9.17, 15) is 9.18 Å². The summed E-state index contributed by atoms with van der Waals surface area (Å²) in [7, 11) is 1.57. The van der Waals surface area contributed by atoms with Gasteiger partial charge in [0.05, 0.1) is 24.9 Å². The maximum atomic E-state index is 13.4. The standard InChI is InChI=1S/C16H17FN2O2/c1-9-8-19-13(10(2)16(9)21-3)7-14(20)11-5-4-6-12(17)15(11)18/h4-6,8H,7,18H2,1-3H3. The summed E-state index contributed by atoms with van der Waals surface area (Å²) in [6.07, 6.45) is 1.71. The molecule has 0 amide bonds. The molecule has 110 valence electrons. The normalized spacial score (nSPS) is 10.5. The van der Waals surface area contributed by atoms with E-state index < -0.39 is 5.82 Å². The van der Waals surface area contributed by atoms with Crippen LogP contribution in [-0.2, 0) is 6.42 Å². The van der Waals surface area contributed by atoms with Gasteiger partial charge in [-0.15, -0.1) is 0 Å². The Morgan fingerprint density at radius 2 is 2.10 bits per heavy atom. The molecule has 0 atom stereocenters. The third-order valence-corrected chi connectivity index (χ3v) is 3.43. The van der Waals surface area contributed by atoms with E-state index in [2.05, 4.69) is 4.98 Å². The topological polar surface area (TPSA) is 65.2 Å². The molecule has 1 heterocycles. The number of ether oxygens (including phenoxy) is 1. The number of nitrogens with zero attached hydrogens (tertiary/aromatic N) is 1. The molecule has 5 heteroatoms. The number of pyridine rings is 1.